The number of amides is 1. The molecule has 2 atom stereocenters. The van der Waals surface area contributed by atoms with Crippen LogP contribution in [0, 0.1) is 11.6 Å². The van der Waals surface area contributed by atoms with Crippen LogP contribution in [0.15, 0.2) is 17.0 Å². The summed E-state index contributed by atoms with van der Waals surface area (Å²) in [6.07, 6.45) is 0.718. The molecular formula is C12H16F2N2O2S. The van der Waals surface area contributed by atoms with Gasteiger partial charge in [0.1, 0.15) is 21.8 Å². The summed E-state index contributed by atoms with van der Waals surface area (Å²) in [5, 5.41) is 1.49. The molecule has 0 aliphatic carbocycles. The molecule has 106 valence electrons. The zero-order valence-electron chi connectivity index (χ0n) is 10.7. The Balaban J connectivity index is 2.97. The van der Waals surface area contributed by atoms with Gasteiger partial charge in [-0.3, -0.25) is 9.00 Å². The van der Waals surface area contributed by atoms with E-state index in [0.717, 1.165) is 18.6 Å². The van der Waals surface area contributed by atoms with Crippen LogP contribution in [0.4, 0.5) is 14.5 Å². The summed E-state index contributed by atoms with van der Waals surface area (Å²) in [4.78, 5) is 11.0. The van der Waals surface area contributed by atoms with Crippen molar-refractivity contribution in [3.8, 4) is 0 Å². The van der Waals surface area contributed by atoms with Crippen LogP contribution < -0.4 is 11.1 Å². The van der Waals surface area contributed by atoms with Gasteiger partial charge in [-0.1, -0.05) is 6.92 Å². The summed E-state index contributed by atoms with van der Waals surface area (Å²) < 4.78 is 39.2. The molecule has 1 amide bonds. The highest BCUT2D eigenvalue weighted by molar-refractivity contribution is 7.86. The first-order valence-corrected chi connectivity index (χ1v) is 7.02. The van der Waals surface area contributed by atoms with Crippen molar-refractivity contribution >= 4 is 22.4 Å². The maximum Gasteiger partial charge on any atom is 0.235 e. The third kappa shape index (κ3) is 3.73. The molecule has 0 saturated carbocycles. The fourth-order valence-corrected chi connectivity index (χ4v) is 2.57. The van der Waals surface area contributed by atoms with Crippen LogP contribution in [0.1, 0.15) is 20.3 Å². The highest BCUT2D eigenvalue weighted by Gasteiger charge is 2.26. The number of hydrogen-bond acceptors (Lipinski definition) is 3. The van der Waals surface area contributed by atoms with Gasteiger partial charge in [0.2, 0.25) is 5.91 Å². The summed E-state index contributed by atoms with van der Waals surface area (Å²) >= 11 is 0. The van der Waals surface area contributed by atoms with Crippen LogP contribution in [-0.2, 0) is 15.6 Å². The molecule has 0 fully saturated rings. The molecule has 3 N–H and O–H groups in total. The first kappa shape index (κ1) is 15.6. The number of nitrogen functional groups attached to an aromatic ring is 1. The van der Waals surface area contributed by atoms with Crippen molar-refractivity contribution in [2.75, 3.05) is 12.3 Å². The number of halogens is 2. The standard InChI is InChI=1S/C12H16F2N2O2S/c1-3-4-16-12(17)7(2)19(18)11-9(13)5-8(15)6-10(11)14/h5-7H,3-4,15H2,1-2H3,(H,16,17). The van der Waals surface area contributed by atoms with E-state index in [4.69, 9.17) is 5.73 Å². The number of carbonyl (C=O) groups excluding carboxylic acids is 1. The van der Waals surface area contributed by atoms with Crippen LogP contribution in [0.3, 0.4) is 0 Å². The molecule has 1 rings (SSSR count). The third-order valence-corrected chi connectivity index (χ3v) is 4.11. The molecule has 0 radical (unpaired) electrons. The van der Waals surface area contributed by atoms with E-state index in [1.54, 1.807) is 0 Å². The van der Waals surface area contributed by atoms with E-state index in [2.05, 4.69) is 5.32 Å². The fourth-order valence-electron chi connectivity index (χ4n) is 1.44. The highest BCUT2D eigenvalue weighted by atomic mass is 32.2. The number of benzene rings is 1. The molecule has 1 aromatic rings. The molecule has 0 saturated heterocycles. The first-order chi connectivity index (χ1) is 8.88. The maximum absolute atomic E-state index is 13.6. The molecule has 0 bridgehead atoms. The molecule has 4 nitrogen and oxygen atoms in total. The van der Waals surface area contributed by atoms with E-state index in [0.29, 0.717) is 6.54 Å². The van der Waals surface area contributed by atoms with Crippen molar-refractivity contribution in [1.29, 1.82) is 0 Å². The predicted molar refractivity (Wildman–Crippen MR) is 69.9 cm³/mol. The van der Waals surface area contributed by atoms with Crippen LogP contribution in [0.25, 0.3) is 0 Å². The maximum atomic E-state index is 13.6. The van der Waals surface area contributed by atoms with E-state index in [9.17, 15) is 17.8 Å². The average Bonchev–Trinajstić information content (AvgIpc) is 2.33. The Labute approximate surface area is 112 Å². The Morgan fingerprint density at radius 2 is 1.95 bits per heavy atom. The highest BCUT2D eigenvalue weighted by Crippen LogP contribution is 2.22. The van der Waals surface area contributed by atoms with Crippen molar-refractivity contribution in [2.45, 2.75) is 30.4 Å². The lowest BCUT2D eigenvalue weighted by Crippen LogP contribution is -2.36. The normalized spacial score (nSPS) is 13.9. The molecular weight excluding hydrogens is 274 g/mol. The second-order valence-electron chi connectivity index (χ2n) is 4.04. The van der Waals surface area contributed by atoms with Crippen molar-refractivity contribution in [3.63, 3.8) is 0 Å². The van der Waals surface area contributed by atoms with Gasteiger partial charge in [0, 0.05) is 12.2 Å². The topological polar surface area (TPSA) is 72.2 Å². The van der Waals surface area contributed by atoms with Crippen molar-refractivity contribution < 1.29 is 17.8 Å². The molecule has 0 aliphatic heterocycles. The minimum Gasteiger partial charge on any atom is -0.399 e. The average molecular weight is 290 g/mol. The Morgan fingerprint density at radius 3 is 2.42 bits per heavy atom. The number of rotatable bonds is 5. The van der Waals surface area contributed by atoms with Crippen molar-refractivity contribution in [1.82, 2.24) is 5.32 Å². The molecule has 0 aromatic heterocycles. The van der Waals surface area contributed by atoms with Crippen molar-refractivity contribution in [2.24, 2.45) is 0 Å². The number of hydrogen-bond donors (Lipinski definition) is 2. The lowest BCUT2D eigenvalue weighted by molar-refractivity contribution is -0.120. The van der Waals surface area contributed by atoms with Crippen LogP contribution in [0.2, 0.25) is 0 Å². The molecule has 7 heteroatoms. The minimum absolute atomic E-state index is 0.0983. The quantitative estimate of drug-likeness (QED) is 0.809. The predicted octanol–water partition coefficient (Wildman–Crippen LogP) is 1.57. The second-order valence-corrected chi connectivity index (χ2v) is 5.75. The fraction of sp³-hybridized carbons (Fsp3) is 0.417. The molecule has 2 unspecified atom stereocenters. The van der Waals surface area contributed by atoms with Gasteiger partial charge in [0.15, 0.2) is 0 Å². The van der Waals surface area contributed by atoms with Gasteiger partial charge in [0.05, 0.1) is 10.8 Å². The molecule has 0 aliphatic rings. The summed E-state index contributed by atoms with van der Waals surface area (Å²) in [7, 11) is -2.11. The molecule has 1 aromatic carbocycles. The molecule has 19 heavy (non-hydrogen) atoms. The van der Waals surface area contributed by atoms with E-state index in [1.165, 1.54) is 6.92 Å². The lowest BCUT2D eigenvalue weighted by Gasteiger charge is -2.13. The Morgan fingerprint density at radius 1 is 1.42 bits per heavy atom. The Kier molecular flexibility index (Phi) is 5.41. The Hall–Kier alpha value is -1.50. The van der Waals surface area contributed by atoms with Crippen molar-refractivity contribution in [3.05, 3.63) is 23.8 Å². The number of carbonyl (C=O) groups is 1. The van der Waals surface area contributed by atoms with E-state index >= 15 is 0 Å². The summed E-state index contributed by atoms with van der Waals surface area (Å²) in [5.41, 5.74) is 5.17. The van der Waals surface area contributed by atoms with E-state index in [1.807, 2.05) is 6.92 Å². The number of anilines is 1. The van der Waals surface area contributed by atoms with E-state index in [-0.39, 0.29) is 5.69 Å². The van der Waals surface area contributed by atoms with Gasteiger partial charge in [-0.15, -0.1) is 0 Å². The zero-order chi connectivity index (χ0) is 14.6. The van der Waals surface area contributed by atoms with Gasteiger partial charge in [-0.05, 0) is 25.5 Å². The van der Waals surface area contributed by atoms with Crippen LogP contribution in [0.5, 0.6) is 0 Å². The van der Waals surface area contributed by atoms with Gasteiger partial charge in [-0.25, -0.2) is 8.78 Å². The lowest BCUT2D eigenvalue weighted by atomic mass is 10.3. The zero-order valence-corrected chi connectivity index (χ0v) is 11.5. The smallest absolute Gasteiger partial charge is 0.235 e. The summed E-state index contributed by atoms with van der Waals surface area (Å²) in [5.74, 6) is -2.52. The van der Waals surface area contributed by atoms with E-state index < -0.39 is 38.5 Å². The van der Waals surface area contributed by atoms with Gasteiger partial charge in [-0.2, -0.15) is 0 Å². The van der Waals surface area contributed by atoms with Gasteiger partial charge < -0.3 is 11.1 Å². The number of nitrogens with two attached hydrogens (primary N) is 1. The summed E-state index contributed by atoms with van der Waals surface area (Å²) in [6, 6.07) is 1.76. The summed E-state index contributed by atoms with van der Waals surface area (Å²) in [6.45, 7) is 3.64. The molecule has 0 spiro atoms. The van der Waals surface area contributed by atoms with Gasteiger partial charge in [0.25, 0.3) is 0 Å². The van der Waals surface area contributed by atoms with Crippen LogP contribution in [-0.4, -0.2) is 21.9 Å². The van der Waals surface area contributed by atoms with Gasteiger partial charge >= 0.3 is 0 Å². The first-order valence-electron chi connectivity index (χ1n) is 5.81. The SMILES string of the molecule is CCCNC(=O)C(C)S(=O)c1c(F)cc(N)cc1F. The largest absolute Gasteiger partial charge is 0.399 e. The second kappa shape index (κ2) is 6.60. The monoisotopic (exact) mass is 290 g/mol. The van der Waals surface area contributed by atoms with Crippen LogP contribution >= 0.6 is 0 Å². The third-order valence-electron chi connectivity index (χ3n) is 2.46. The number of nitrogens with one attached hydrogen (secondary N) is 1. The molecule has 0 heterocycles. The Bertz CT molecular complexity index is 485. The minimum atomic E-state index is -2.11.